The maximum atomic E-state index is 12.7. The number of benzene rings is 1. The molecule has 0 saturated carbocycles. The van der Waals surface area contributed by atoms with Crippen molar-refractivity contribution in [1.82, 2.24) is 0 Å². The highest BCUT2D eigenvalue weighted by Crippen LogP contribution is 2.18. The first-order chi connectivity index (χ1) is 5.74. The van der Waals surface area contributed by atoms with E-state index in [9.17, 15) is 8.78 Å². The fourth-order valence-electron chi connectivity index (χ4n) is 0.798. The van der Waals surface area contributed by atoms with Crippen molar-refractivity contribution in [2.45, 2.75) is 0 Å². The highest BCUT2D eigenvalue weighted by atomic mass is 35.5. The summed E-state index contributed by atoms with van der Waals surface area (Å²) >= 11 is 5.44. The number of nitrogens with one attached hydrogen (secondary N) is 1. The van der Waals surface area contributed by atoms with Crippen LogP contribution in [0.2, 0.25) is 5.02 Å². The molecule has 1 N–H and O–H groups in total. The minimum absolute atomic E-state index is 0.0702. The van der Waals surface area contributed by atoms with Gasteiger partial charge in [-0.1, -0.05) is 11.6 Å². The standard InChI is InChI=1S/C8H8ClF2N/c9-7-2-1-6(5-8(7)11)12-4-3-10/h1-2,5,12H,3-4H2. The molecule has 0 unspecified atom stereocenters. The molecule has 0 spiro atoms. The Labute approximate surface area is 74.3 Å². The van der Waals surface area contributed by atoms with Gasteiger partial charge >= 0.3 is 0 Å². The Morgan fingerprint density at radius 3 is 2.75 bits per heavy atom. The lowest BCUT2D eigenvalue weighted by atomic mass is 10.3. The van der Waals surface area contributed by atoms with E-state index < -0.39 is 12.5 Å². The summed E-state index contributed by atoms with van der Waals surface area (Å²) in [6.07, 6.45) is 0. The summed E-state index contributed by atoms with van der Waals surface area (Å²) in [6.45, 7) is -0.300. The average Bonchev–Trinajstić information content (AvgIpc) is 2.07. The summed E-state index contributed by atoms with van der Waals surface area (Å²) in [6, 6.07) is 4.26. The molecule has 0 bridgehead atoms. The first kappa shape index (κ1) is 9.26. The maximum Gasteiger partial charge on any atom is 0.143 e. The molecule has 12 heavy (non-hydrogen) atoms. The monoisotopic (exact) mass is 191 g/mol. The molecule has 0 heterocycles. The summed E-state index contributed by atoms with van der Waals surface area (Å²) in [4.78, 5) is 0. The number of hydrogen-bond donors (Lipinski definition) is 1. The maximum absolute atomic E-state index is 12.7. The second-order valence-corrected chi connectivity index (χ2v) is 2.65. The number of rotatable bonds is 3. The van der Waals surface area contributed by atoms with E-state index in [2.05, 4.69) is 5.32 Å². The predicted octanol–water partition coefficient (Wildman–Crippen LogP) is 2.86. The first-order valence-corrected chi connectivity index (χ1v) is 3.86. The molecule has 1 aromatic rings. The molecule has 0 atom stereocenters. The molecule has 0 aliphatic heterocycles. The van der Waals surface area contributed by atoms with Gasteiger partial charge in [-0.05, 0) is 18.2 Å². The Hall–Kier alpha value is -0.830. The van der Waals surface area contributed by atoms with E-state index in [0.717, 1.165) is 0 Å². The summed E-state index contributed by atoms with van der Waals surface area (Å²) in [5.74, 6) is -0.500. The van der Waals surface area contributed by atoms with Crippen LogP contribution in [0.25, 0.3) is 0 Å². The Morgan fingerprint density at radius 2 is 2.17 bits per heavy atom. The van der Waals surface area contributed by atoms with Gasteiger partial charge < -0.3 is 5.32 Å². The van der Waals surface area contributed by atoms with Crippen LogP contribution in [0.3, 0.4) is 0 Å². The molecular weight excluding hydrogens is 184 g/mol. The summed E-state index contributed by atoms with van der Waals surface area (Å²) in [5.41, 5.74) is 0.537. The van der Waals surface area contributed by atoms with Crippen molar-refractivity contribution in [3.05, 3.63) is 29.0 Å². The molecule has 0 saturated heterocycles. The molecule has 1 aromatic carbocycles. The van der Waals surface area contributed by atoms with Crippen molar-refractivity contribution in [2.24, 2.45) is 0 Å². The van der Waals surface area contributed by atoms with Crippen molar-refractivity contribution in [2.75, 3.05) is 18.5 Å². The number of alkyl halides is 1. The van der Waals surface area contributed by atoms with Crippen LogP contribution in [0.4, 0.5) is 14.5 Å². The van der Waals surface area contributed by atoms with Crippen LogP contribution in [0.5, 0.6) is 0 Å². The Bertz CT molecular complexity index is 265. The Kier molecular flexibility index (Phi) is 3.29. The third kappa shape index (κ3) is 2.34. The van der Waals surface area contributed by atoms with E-state index in [1.54, 1.807) is 6.07 Å². The third-order valence-corrected chi connectivity index (χ3v) is 1.65. The van der Waals surface area contributed by atoms with Crippen LogP contribution in [-0.4, -0.2) is 13.2 Å². The molecular formula is C8H8ClF2N. The van der Waals surface area contributed by atoms with Crippen molar-refractivity contribution in [3.63, 3.8) is 0 Å². The second-order valence-electron chi connectivity index (χ2n) is 2.24. The summed E-state index contributed by atoms with van der Waals surface area (Å²) in [7, 11) is 0. The zero-order chi connectivity index (χ0) is 8.97. The molecule has 0 aliphatic carbocycles. The average molecular weight is 192 g/mol. The van der Waals surface area contributed by atoms with Gasteiger partial charge in [0.1, 0.15) is 12.5 Å². The highest BCUT2D eigenvalue weighted by molar-refractivity contribution is 6.30. The van der Waals surface area contributed by atoms with Crippen molar-refractivity contribution >= 4 is 17.3 Å². The van der Waals surface area contributed by atoms with Crippen molar-refractivity contribution in [3.8, 4) is 0 Å². The lowest BCUT2D eigenvalue weighted by Crippen LogP contribution is -2.02. The quantitative estimate of drug-likeness (QED) is 0.775. The van der Waals surface area contributed by atoms with Gasteiger partial charge in [0.15, 0.2) is 0 Å². The molecule has 0 amide bonds. The molecule has 1 nitrogen and oxygen atoms in total. The number of anilines is 1. The van der Waals surface area contributed by atoms with E-state index in [4.69, 9.17) is 11.6 Å². The smallest absolute Gasteiger partial charge is 0.143 e. The predicted molar refractivity (Wildman–Crippen MR) is 45.9 cm³/mol. The molecule has 1 rings (SSSR count). The van der Waals surface area contributed by atoms with Gasteiger partial charge in [-0.15, -0.1) is 0 Å². The van der Waals surface area contributed by atoms with E-state index in [0.29, 0.717) is 5.69 Å². The highest BCUT2D eigenvalue weighted by Gasteiger charge is 1.99. The van der Waals surface area contributed by atoms with Gasteiger partial charge in [-0.3, -0.25) is 0 Å². The zero-order valence-corrected chi connectivity index (χ0v) is 7.04. The van der Waals surface area contributed by atoms with Crippen molar-refractivity contribution in [1.29, 1.82) is 0 Å². The van der Waals surface area contributed by atoms with E-state index >= 15 is 0 Å². The van der Waals surface area contributed by atoms with Gasteiger partial charge in [0, 0.05) is 12.2 Å². The molecule has 0 radical (unpaired) electrons. The molecule has 0 aliphatic rings. The molecule has 4 heteroatoms. The van der Waals surface area contributed by atoms with Gasteiger partial charge in [0.25, 0.3) is 0 Å². The number of hydrogen-bond acceptors (Lipinski definition) is 1. The largest absolute Gasteiger partial charge is 0.382 e. The fraction of sp³-hybridized carbons (Fsp3) is 0.250. The van der Waals surface area contributed by atoms with Gasteiger partial charge in [-0.25, -0.2) is 8.78 Å². The topological polar surface area (TPSA) is 12.0 Å². The van der Waals surface area contributed by atoms with Crippen LogP contribution in [0.15, 0.2) is 18.2 Å². The number of halogens is 3. The lowest BCUT2D eigenvalue weighted by molar-refractivity contribution is 0.512. The molecule has 66 valence electrons. The van der Waals surface area contributed by atoms with Crippen molar-refractivity contribution < 1.29 is 8.78 Å². The first-order valence-electron chi connectivity index (χ1n) is 3.49. The second kappa shape index (κ2) is 4.26. The van der Waals surface area contributed by atoms with Crippen LogP contribution in [0.1, 0.15) is 0 Å². The van der Waals surface area contributed by atoms with Crippen LogP contribution < -0.4 is 5.32 Å². The van der Waals surface area contributed by atoms with Gasteiger partial charge in [0.2, 0.25) is 0 Å². The zero-order valence-electron chi connectivity index (χ0n) is 6.28. The van der Waals surface area contributed by atoms with Crippen LogP contribution in [0, 0.1) is 5.82 Å². The van der Waals surface area contributed by atoms with E-state index in [1.807, 2.05) is 0 Å². The molecule has 0 aromatic heterocycles. The van der Waals surface area contributed by atoms with Crippen LogP contribution in [-0.2, 0) is 0 Å². The SMILES string of the molecule is FCCNc1ccc(Cl)c(F)c1. The fourth-order valence-corrected chi connectivity index (χ4v) is 0.915. The summed E-state index contributed by atoms with van der Waals surface area (Å²) in [5, 5.41) is 2.76. The molecule has 0 fully saturated rings. The van der Waals surface area contributed by atoms with E-state index in [1.165, 1.54) is 12.1 Å². The normalized spacial score (nSPS) is 9.92. The van der Waals surface area contributed by atoms with Gasteiger partial charge in [-0.2, -0.15) is 0 Å². The van der Waals surface area contributed by atoms with E-state index in [-0.39, 0.29) is 11.6 Å². The Morgan fingerprint density at radius 1 is 1.42 bits per heavy atom. The minimum atomic E-state index is -0.500. The van der Waals surface area contributed by atoms with Gasteiger partial charge in [0.05, 0.1) is 5.02 Å². The third-order valence-electron chi connectivity index (χ3n) is 1.34. The lowest BCUT2D eigenvalue weighted by Gasteiger charge is -2.03. The Balaban J connectivity index is 2.69. The summed E-state index contributed by atoms with van der Waals surface area (Å²) < 4.78 is 24.4. The van der Waals surface area contributed by atoms with Crippen LogP contribution >= 0.6 is 11.6 Å². The minimum Gasteiger partial charge on any atom is -0.382 e.